The molecule has 2 fully saturated rings. The fourth-order valence-corrected chi connectivity index (χ4v) is 2.57. The molecule has 0 radical (unpaired) electrons. The normalized spacial score (nSPS) is 25.5. The summed E-state index contributed by atoms with van der Waals surface area (Å²) in [5, 5.41) is 6.46. The summed E-state index contributed by atoms with van der Waals surface area (Å²) in [7, 11) is 1.56. The first-order valence-electron chi connectivity index (χ1n) is 7.22. The topological polar surface area (TPSA) is 81.2 Å². The molecule has 110 valence electrons. The van der Waals surface area contributed by atoms with E-state index in [1.807, 2.05) is 6.92 Å². The van der Waals surface area contributed by atoms with E-state index in [0.29, 0.717) is 29.9 Å². The third kappa shape index (κ3) is 2.92. The molecule has 2 aliphatic rings. The van der Waals surface area contributed by atoms with E-state index in [0.717, 1.165) is 19.6 Å². The molecule has 2 heterocycles. The van der Waals surface area contributed by atoms with Crippen molar-refractivity contribution < 1.29 is 9.47 Å². The molecule has 0 aromatic carbocycles. The van der Waals surface area contributed by atoms with Crippen LogP contribution in [0.15, 0.2) is 0 Å². The first-order valence-corrected chi connectivity index (χ1v) is 7.22. The lowest BCUT2D eigenvalue weighted by Crippen LogP contribution is -2.31. The van der Waals surface area contributed by atoms with Gasteiger partial charge in [-0.05, 0) is 32.1 Å². The zero-order valence-corrected chi connectivity index (χ0v) is 11.9. The molecule has 1 saturated heterocycles. The van der Waals surface area contributed by atoms with Gasteiger partial charge in [-0.3, -0.25) is 0 Å². The van der Waals surface area contributed by atoms with Gasteiger partial charge in [0.25, 0.3) is 0 Å². The van der Waals surface area contributed by atoms with Gasteiger partial charge in [-0.1, -0.05) is 0 Å². The van der Waals surface area contributed by atoms with Gasteiger partial charge < -0.3 is 20.1 Å². The Bertz CT molecular complexity index is 466. The Morgan fingerprint density at radius 3 is 2.70 bits per heavy atom. The lowest BCUT2D eigenvalue weighted by atomic mass is 10.1. The molecular weight excluding hydrogens is 258 g/mol. The van der Waals surface area contributed by atoms with Crippen LogP contribution >= 0.6 is 0 Å². The van der Waals surface area contributed by atoms with Crippen molar-refractivity contribution in [3.8, 4) is 6.01 Å². The van der Waals surface area contributed by atoms with Crippen molar-refractivity contribution >= 4 is 11.9 Å². The van der Waals surface area contributed by atoms with E-state index in [-0.39, 0.29) is 6.04 Å². The van der Waals surface area contributed by atoms with Gasteiger partial charge in [0.2, 0.25) is 11.9 Å². The van der Waals surface area contributed by atoms with Crippen LogP contribution in [-0.4, -0.2) is 47.4 Å². The second kappa shape index (κ2) is 5.78. The molecule has 1 aromatic heterocycles. The van der Waals surface area contributed by atoms with Crippen LogP contribution < -0.4 is 15.4 Å². The summed E-state index contributed by atoms with van der Waals surface area (Å²) in [6.45, 7) is 3.56. The smallest absolute Gasteiger partial charge is 0.322 e. The number of methoxy groups -OCH3 is 1. The van der Waals surface area contributed by atoms with Gasteiger partial charge >= 0.3 is 6.01 Å². The number of rotatable bonds is 6. The van der Waals surface area contributed by atoms with Crippen LogP contribution in [-0.2, 0) is 4.74 Å². The van der Waals surface area contributed by atoms with E-state index in [1.165, 1.54) is 12.8 Å². The molecule has 0 spiro atoms. The monoisotopic (exact) mass is 279 g/mol. The van der Waals surface area contributed by atoms with Crippen molar-refractivity contribution in [3.63, 3.8) is 0 Å². The Balaban J connectivity index is 1.73. The largest absolute Gasteiger partial charge is 0.467 e. The molecule has 7 heteroatoms. The van der Waals surface area contributed by atoms with Crippen LogP contribution in [0.4, 0.5) is 11.9 Å². The third-order valence-corrected chi connectivity index (χ3v) is 3.67. The quantitative estimate of drug-likeness (QED) is 0.812. The molecule has 2 atom stereocenters. The van der Waals surface area contributed by atoms with Crippen molar-refractivity contribution in [2.24, 2.45) is 5.92 Å². The van der Waals surface area contributed by atoms with Crippen molar-refractivity contribution in [2.75, 3.05) is 30.9 Å². The minimum absolute atomic E-state index is 0.282. The fourth-order valence-electron chi connectivity index (χ4n) is 2.57. The van der Waals surface area contributed by atoms with Gasteiger partial charge in [-0.2, -0.15) is 15.0 Å². The van der Waals surface area contributed by atoms with Crippen molar-refractivity contribution in [3.05, 3.63) is 0 Å². The molecule has 1 aromatic rings. The fraction of sp³-hybridized carbons (Fsp3) is 0.769. The van der Waals surface area contributed by atoms with E-state index >= 15 is 0 Å². The standard InChI is InChI=1S/C13H21N5O2/c1-3-14-11-16-12(18-13(17-11)19-2)15-9-6-7-20-10(9)8-4-5-8/h8-10H,3-7H2,1-2H3,(H2,14,15,16,17,18). The summed E-state index contributed by atoms with van der Waals surface area (Å²) in [4.78, 5) is 12.8. The predicted octanol–water partition coefficient (Wildman–Crippen LogP) is 1.29. The van der Waals surface area contributed by atoms with Crippen LogP contribution in [0, 0.1) is 5.92 Å². The van der Waals surface area contributed by atoms with Crippen LogP contribution in [0.2, 0.25) is 0 Å². The number of ether oxygens (including phenoxy) is 2. The average Bonchev–Trinajstić information content (AvgIpc) is 3.19. The molecule has 1 aliphatic carbocycles. The maximum Gasteiger partial charge on any atom is 0.322 e. The lowest BCUT2D eigenvalue weighted by Gasteiger charge is -2.19. The number of nitrogens with zero attached hydrogens (tertiary/aromatic N) is 3. The molecule has 1 aliphatic heterocycles. The van der Waals surface area contributed by atoms with Gasteiger partial charge in [-0.15, -0.1) is 0 Å². The van der Waals surface area contributed by atoms with Gasteiger partial charge in [0.1, 0.15) is 0 Å². The number of hydrogen-bond donors (Lipinski definition) is 2. The Morgan fingerprint density at radius 1 is 1.20 bits per heavy atom. The van der Waals surface area contributed by atoms with E-state index in [9.17, 15) is 0 Å². The van der Waals surface area contributed by atoms with E-state index in [4.69, 9.17) is 9.47 Å². The van der Waals surface area contributed by atoms with Gasteiger partial charge in [0.05, 0.1) is 19.3 Å². The minimum Gasteiger partial charge on any atom is -0.467 e. The second-order valence-corrected chi connectivity index (χ2v) is 5.21. The summed E-state index contributed by atoms with van der Waals surface area (Å²) >= 11 is 0. The highest BCUT2D eigenvalue weighted by Crippen LogP contribution is 2.39. The van der Waals surface area contributed by atoms with Crippen molar-refractivity contribution in [1.82, 2.24) is 15.0 Å². The summed E-state index contributed by atoms with van der Waals surface area (Å²) in [6.07, 6.45) is 3.82. The maximum absolute atomic E-state index is 5.82. The zero-order chi connectivity index (χ0) is 13.9. The molecule has 3 rings (SSSR count). The highest BCUT2D eigenvalue weighted by Gasteiger charge is 2.40. The predicted molar refractivity (Wildman–Crippen MR) is 75.0 cm³/mol. The maximum atomic E-state index is 5.82. The third-order valence-electron chi connectivity index (χ3n) is 3.67. The van der Waals surface area contributed by atoms with Crippen LogP contribution in [0.25, 0.3) is 0 Å². The van der Waals surface area contributed by atoms with Crippen molar-refractivity contribution in [2.45, 2.75) is 38.3 Å². The molecule has 7 nitrogen and oxygen atoms in total. The Labute approximate surface area is 118 Å². The van der Waals surface area contributed by atoms with E-state index < -0.39 is 0 Å². The van der Waals surface area contributed by atoms with Gasteiger partial charge in [0, 0.05) is 13.2 Å². The van der Waals surface area contributed by atoms with E-state index in [2.05, 4.69) is 25.6 Å². The highest BCUT2D eigenvalue weighted by molar-refractivity contribution is 5.37. The number of anilines is 2. The molecule has 2 N–H and O–H groups in total. The van der Waals surface area contributed by atoms with Crippen LogP contribution in [0.1, 0.15) is 26.2 Å². The Kier molecular flexibility index (Phi) is 3.86. The van der Waals surface area contributed by atoms with Gasteiger partial charge in [0.15, 0.2) is 0 Å². The highest BCUT2D eigenvalue weighted by atomic mass is 16.5. The lowest BCUT2D eigenvalue weighted by molar-refractivity contribution is 0.0897. The minimum atomic E-state index is 0.282. The first kappa shape index (κ1) is 13.4. The summed E-state index contributed by atoms with van der Waals surface area (Å²) in [5.74, 6) is 1.78. The summed E-state index contributed by atoms with van der Waals surface area (Å²) in [5.41, 5.74) is 0. The SMILES string of the molecule is CCNc1nc(NC2CCOC2C2CC2)nc(OC)n1. The zero-order valence-electron chi connectivity index (χ0n) is 11.9. The average molecular weight is 279 g/mol. The van der Waals surface area contributed by atoms with Gasteiger partial charge in [-0.25, -0.2) is 0 Å². The molecule has 2 unspecified atom stereocenters. The molecular formula is C13H21N5O2. The number of hydrogen-bond acceptors (Lipinski definition) is 7. The molecule has 1 saturated carbocycles. The second-order valence-electron chi connectivity index (χ2n) is 5.21. The summed E-state index contributed by atoms with van der Waals surface area (Å²) in [6, 6.07) is 0.601. The number of nitrogens with one attached hydrogen (secondary N) is 2. The van der Waals surface area contributed by atoms with Crippen molar-refractivity contribution in [1.29, 1.82) is 0 Å². The summed E-state index contributed by atoms with van der Waals surface area (Å²) < 4.78 is 10.9. The Morgan fingerprint density at radius 2 is 2.00 bits per heavy atom. The van der Waals surface area contributed by atoms with E-state index in [1.54, 1.807) is 7.11 Å². The number of aromatic nitrogens is 3. The molecule has 20 heavy (non-hydrogen) atoms. The molecule has 0 amide bonds. The first-order chi connectivity index (χ1) is 9.80. The molecule has 0 bridgehead atoms. The van der Waals surface area contributed by atoms with Crippen LogP contribution in [0.3, 0.4) is 0 Å². The Hall–Kier alpha value is -1.63. The van der Waals surface area contributed by atoms with Crippen LogP contribution in [0.5, 0.6) is 6.01 Å².